The van der Waals surface area contributed by atoms with E-state index in [1.165, 1.54) is 12.4 Å². The molecule has 0 aliphatic heterocycles. The van der Waals surface area contributed by atoms with Gasteiger partial charge in [0.2, 0.25) is 5.16 Å². The van der Waals surface area contributed by atoms with Crippen molar-refractivity contribution < 1.29 is 13.5 Å². The number of nitrogens with zero attached hydrogens (tertiary/aromatic N) is 2. The Bertz CT molecular complexity index is 1310. The maximum Gasteiger partial charge on any atom is 0.262 e. The number of sulfonamides is 1. The largest absolute Gasteiger partial charge is 0.506 e. The molecule has 3 aromatic carbocycles. The number of halogens is 1. The van der Waals surface area contributed by atoms with E-state index in [0.717, 1.165) is 11.8 Å². The lowest BCUT2D eigenvalue weighted by atomic mass is 10.1. The highest BCUT2D eigenvalue weighted by Gasteiger charge is 2.21. The molecule has 4 aromatic rings. The first-order chi connectivity index (χ1) is 13.9. The van der Waals surface area contributed by atoms with Gasteiger partial charge in [0.1, 0.15) is 12.1 Å². The molecule has 0 bridgehead atoms. The van der Waals surface area contributed by atoms with Crippen molar-refractivity contribution in [2.45, 2.75) is 21.9 Å². The zero-order chi connectivity index (χ0) is 20.6. The number of phenolic OH excluding ortho intramolecular Hbond substituents is 1. The molecule has 29 heavy (non-hydrogen) atoms. The molecule has 0 saturated carbocycles. The molecule has 0 saturated heterocycles. The SMILES string of the molecule is Cc1c(Cl)cccc1S(=O)(=O)Nc1cc(Sc2nc[nH]n2)c(O)c2ccccc12. The third kappa shape index (κ3) is 3.76. The normalized spacial score (nSPS) is 11.7. The van der Waals surface area contributed by atoms with Crippen LogP contribution in [0.15, 0.2) is 69.8 Å². The molecule has 0 atom stereocenters. The highest BCUT2D eigenvalue weighted by atomic mass is 35.5. The zero-order valence-electron chi connectivity index (χ0n) is 15.0. The Morgan fingerprint density at radius 2 is 1.90 bits per heavy atom. The van der Waals surface area contributed by atoms with E-state index in [0.29, 0.717) is 37.1 Å². The molecule has 0 spiro atoms. The monoisotopic (exact) mass is 446 g/mol. The number of hydrogen-bond acceptors (Lipinski definition) is 6. The van der Waals surface area contributed by atoms with Gasteiger partial charge in [0.05, 0.1) is 15.5 Å². The molecule has 10 heteroatoms. The Morgan fingerprint density at radius 1 is 1.14 bits per heavy atom. The molecule has 3 N–H and O–H groups in total. The third-order valence-corrected chi connectivity index (χ3v) is 7.16. The number of phenols is 1. The number of aromatic amines is 1. The predicted molar refractivity (Wildman–Crippen MR) is 113 cm³/mol. The predicted octanol–water partition coefficient (Wildman–Crippen LogP) is 4.58. The van der Waals surface area contributed by atoms with Crippen LogP contribution in [0.3, 0.4) is 0 Å². The number of aromatic hydroxyl groups is 1. The van der Waals surface area contributed by atoms with Gasteiger partial charge in [-0.3, -0.25) is 9.82 Å². The molecule has 0 unspecified atom stereocenters. The molecular formula is C19H15ClN4O3S2. The Kier molecular flexibility index (Phi) is 5.12. The van der Waals surface area contributed by atoms with Crippen LogP contribution in [0.1, 0.15) is 5.56 Å². The van der Waals surface area contributed by atoms with Crippen molar-refractivity contribution in [1.29, 1.82) is 0 Å². The fourth-order valence-electron chi connectivity index (χ4n) is 2.92. The van der Waals surface area contributed by atoms with Crippen molar-refractivity contribution in [2.24, 2.45) is 0 Å². The number of aromatic nitrogens is 3. The Balaban J connectivity index is 1.84. The minimum Gasteiger partial charge on any atom is -0.506 e. The highest BCUT2D eigenvalue weighted by Crippen LogP contribution is 2.42. The minimum absolute atomic E-state index is 0.0253. The van der Waals surface area contributed by atoms with Gasteiger partial charge >= 0.3 is 0 Å². The van der Waals surface area contributed by atoms with Crippen LogP contribution in [0.5, 0.6) is 5.75 Å². The second kappa shape index (κ2) is 7.58. The van der Waals surface area contributed by atoms with Crippen molar-refractivity contribution >= 4 is 49.8 Å². The van der Waals surface area contributed by atoms with Crippen LogP contribution < -0.4 is 4.72 Å². The van der Waals surface area contributed by atoms with Gasteiger partial charge in [0, 0.05) is 15.8 Å². The van der Waals surface area contributed by atoms with Crippen LogP contribution in [0, 0.1) is 6.92 Å². The quantitative estimate of drug-likeness (QED) is 0.387. The number of hydrogen-bond donors (Lipinski definition) is 3. The van der Waals surface area contributed by atoms with Gasteiger partial charge < -0.3 is 5.11 Å². The van der Waals surface area contributed by atoms with Gasteiger partial charge in [-0.1, -0.05) is 41.9 Å². The third-order valence-electron chi connectivity index (χ3n) is 4.33. The lowest BCUT2D eigenvalue weighted by molar-refractivity contribution is 0.469. The first-order valence-electron chi connectivity index (χ1n) is 8.43. The lowest BCUT2D eigenvalue weighted by Gasteiger charge is -2.15. The van der Waals surface area contributed by atoms with Gasteiger partial charge in [0.15, 0.2) is 0 Å². The molecule has 1 heterocycles. The van der Waals surface area contributed by atoms with Crippen LogP contribution in [-0.4, -0.2) is 28.7 Å². The summed E-state index contributed by atoms with van der Waals surface area (Å²) >= 11 is 7.22. The maximum atomic E-state index is 13.1. The summed E-state index contributed by atoms with van der Waals surface area (Å²) in [7, 11) is -3.91. The van der Waals surface area contributed by atoms with Gasteiger partial charge in [0.25, 0.3) is 10.0 Å². The summed E-state index contributed by atoms with van der Waals surface area (Å²) < 4.78 is 28.8. The zero-order valence-corrected chi connectivity index (χ0v) is 17.4. The first kappa shape index (κ1) is 19.6. The fourth-order valence-corrected chi connectivity index (χ4v) is 5.27. The first-order valence-corrected chi connectivity index (χ1v) is 11.1. The van der Waals surface area contributed by atoms with E-state index >= 15 is 0 Å². The molecule has 7 nitrogen and oxygen atoms in total. The summed E-state index contributed by atoms with van der Waals surface area (Å²) in [6.45, 7) is 1.65. The molecule has 0 aliphatic carbocycles. The van der Waals surface area contributed by atoms with Crippen molar-refractivity contribution in [3.05, 3.63) is 65.4 Å². The summed E-state index contributed by atoms with van der Waals surface area (Å²) in [6, 6.07) is 13.3. The second-order valence-corrected chi connectivity index (χ2v) is 9.24. The second-order valence-electron chi connectivity index (χ2n) is 6.17. The minimum atomic E-state index is -3.91. The van der Waals surface area contributed by atoms with Crippen LogP contribution in [0.2, 0.25) is 5.02 Å². The smallest absolute Gasteiger partial charge is 0.262 e. The van der Waals surface area contributed by atoms with E-state index in [9.17, 15) is 13.5 Å². The number of rotatable bonds is 5. The van der Waals surface area contributed by atoms with Crippen LogP contribution in [-0.2, 0) is 10.0 Å². The van der Waals surface area contributed by atoms with Crippen LogP contribution >= 0.6 is 23.4 Å². The van der Waals surface area contributed by atoms with E-state index in [1.54, 1.807) is 49.4 Å². The number of benzene rings is 3. The molecule has 0 aliphatic rings. The number of fused-ring (bicyclic) bond motifs is 1. The fraction of sp³-hybridized carbons (Fsp3) is 0.0526. The topological polar surface area (TPSA) is 108 Å². The lowest BCUT2D eigenvalue weighted by Crippen LogP contribution is -2.14. The van der Waals surface area contributed by atoms with E-state index in [1.807, 2.05) is 0 Å². The number of nitrogens with one attached hydrogen (secondary N) is 2. The average Bonchev–Trinajstić information content (AvgIpc) is 3.20. The van der Waals surface area contributed by atoms with Gasteiger partial charge in [-0.15, -0.1) is 5.10 Å². The van der Waals surface area contributed by atoms with Gasteiger partial charge in [-0.2, -0.15) is 0 Å². The standard InChI is InChI=1S/C19H15ClN4O3S2/c1-11-14(20)7-4-8-17(11)29(26,27)24-15-9-16(28-19-21-10-22-23-19)18(25)13-6-3-2-5-12(13)15/h2-10,24-25H,1H3,(H,21,22,23). The molecule has 1 aromatic heterocycles. The summed E-state index contributed by atoms with van der Waals surface area (Å²) in [6.07, 6.45) is 1.42. The molecule has 0 fully saturated rings. The molecule has 148 valence electrons. The molecule has 0 amide bonds. The van der Waals surface area contributed by atoms with Crippen molar-refractivity contribution in [1.82, 2.24) is 15.2 Å². The maximum absolute atomic E-state index is 13.1. The summed E-state index contributed by atoms with van der Waals surface area (Å²) in [4.78, 5) is 4.55. The average molecular weight is 447 g/mol. The van der Waals surface area contributed by atoms with E-state index in [4.69, 9.17) is 11.6 Å². The Morgan fingerprint density at radius 3 is 2.62 bits per heavy atom. The van der Waals surface area contributed by atoms with Crippen molar-refractivity contribution in [2.75, 3.05) is 4.72 Å². The Hall–Kier alpha value is -2.75. The van der Waals surface area contributed by atoms with Crippen LogP contribution in [0.25, 0.3) is 10.8 Å². The van der Waals surface area contributed by atoms with E-state index in [-0.39, 0.29) is 10.6 Å². The summed E-state index contributed by atoms with van der Waals surface area (Å²) in [5.74, 6) is 0.0253. The van der Waals surface area contributed by atoms with Gasteiger partial charge in [-0.05, 0) is 42.4 Å². The number of H-pyrrole nitrogens is 1. The molecule has 0 radical (unpaired) electrons. The Labute approximate surface area is 176 Å². The number of anilines is 1. The van der Waals surface area contributed by atoms with Crippen molar-refractivity contribution in [3.8, 4) is 5.75 Å². The van der Waals surface area contributed by atoms with E-state index < -0.39 is 10.0 Å². The van der Waals surface area contributed by atoms with Crippen molar-refractivity contribution in [3.63, 3.8) is 0 Å². The van der Waals surface area contributed by atoms with Gasteiger partial charge in [-0.25, -0.2) is 13.4 Å². The summed E-state index contributed by atoms with van der Waals surface area (Å²) in [5.41, 5.74) is 0.788. The highest BCUT2D eigenvalue weighted by molar-refractivity contribution is 7.99. The summed E-state index contributed by atoms with van der Waals surface area (Å²) in [5, 5.41) is 19.1. The molecule has 4 rings (SSSR count). The van der Waals surface area contributed by atoms with Crippen LogP contribution in [0.4, 0.5) is 5.69 Å². The van der Waals surface area contributed by atoms with E-state index in [2.05, 4.69) is 19.9 Å². The molecular weight excluding hydrogens is 432 g/mol.